The number of alkyl halides is 1. The van der Waals surface area contributed by atoms with Gasteiger partial charge in [-0.3, -0.25) is 4.39 Å². The van der Waals surface area contributed by atoms with Crippen LogP contribution in [0.4, 0.5) is 4.39 Å². The van der Waals surface area contributed by atoms with Gasteiger partial charge in [-0.2, -0.15) is 0 Å². The van der Waals surface area contributed by atoms with E-state index in [0.29, 0.717) is 6.42 Å². The summed E-state index contributed by atoms with van der Waals surface area (Å²) in [7, 11) is 0. The van der Waals surface area contributed by atoms with Crippen LogP contribution in [0.3, 0.4) is 0 Å². The molecule has 0 aliphatic carbocycles. The maximum absolute atomic E-state index is 12.8. The first-order valence-corrected chi connectivity index (χ1v) is 9.55. The van der Waals surface area contributed by atoms with Crippen molar-refractivity contribution in [3.05, 3.63) is 108 Å². The summed E-state index contributed by atoms with van der Waals surface area (Å²) in [5, 5.41) is 0. The highest BCUT2D eigenvalue weighted by atomic mass is 32.2. The number of halogens is 1. The third kappa shape index (κ3) is 4.52. The molecule has 0 aliphatic heterocycles. The van der Waals surface area contributed by atoms with Crippen molar-refractivity contribution in [3.63, 3.8) is 0 Å². The normalized spacial score (nSPS) is 12.5. The molecular weight excluding hydrogens is 327 g/mol. The fraction of sp³-hybridized carbons (Fsp3) is 0.217. The Bertz CT molecular complexity index is 662. The lowest BCUT2D eigenvalue weighted by Crippen LogP contribution is -2.26. The van der Waals surface area contributed by atoms with Crippen LogP contribution in [-0.2, 0) is 4.75 Å². The van der Waals surface area contributed by atoms with Gasteiger partial charge in [-0.15, -0.1) is 11.8 Å². The highest BCUT2D eigenvalue weighted by Crippen LogP contribution is 2.49. The lowest BCUT2D eigenvalue weighted by molar-refractivity contribution is 0.489. The minimum Gasteiger partial charge on any atom is -0.251 e. The number of benzene rings is 2. The van der Waals surface area contributed by atoms with E-state index in [1.165, 1.54) is 11.1 Å². The first kappa shape index (κ1) is 19.3. The molecule has 130 valence electrons. The largest absolute Gasteiger partial charge is 0.251 e. The summed E-state index contributed by atoms with van der Waals surface area (Å²) < 4.78 is 12.4. The van der Waals surface area contributed by atoms with Crippen molar-refractivity contribution < 1.29 is 4.39 Å². The molecule has 0 spiro atoms. The van der Waals surface area contributed by atoms with Gasteiger partial charge in [0.25, 0.3) is 0 Å². The second-order valence-corrected chi connectivity index (χ2v) is 6.97. The molecule has 25 heavy (non-hydrogen) atoms. The van der Waals surface area contributed by atoms with E-state index in [-0.39, 0.29) is 6.67 Å². The van der Waals surface area contributed by atoms with Gasteiger partial charge in [0.2, 0.25) is 0 Å². The molecule has 0 saturated heterocycles. The molecule has 0 aromatic heterocycles. The SMILES string of the molecule is C=C/C(=C\C=C/C)C(SCCCF)(c1ccccc1)c1ccccc1. The molecule has 2 heteroatoms. The number of thioether (sulfide) groups is 1. The van der Waals surface area contributed by atoms with E-state index in [9.17, 15) is 4.39 Å². The second kappa shape index (κ2) is 10.0. The zero-order chi connectivity index (χ0) is 18.0. The zero-order valence-corrected chi connectivity index (χ0v) is 15.5. The van der Waals surface area contributed by atoms with E-state index < -0.39 is 4.75 Å². The number of hydrogen-bond acceptors (Lipinski definition) is 1. The Morgan fingerprint density at radius 3 is 2.04 bits per heavy atom. The molecule has 0 atom stereocenters. The molecule has 0 N–H and O–H groups in total. The van der Waals surface area contributed by atoms with Gasteiger partial charge in [0, 0.05) is 0 Å². The monoisotopic (exact) mass is 352 g/mol. The quantitative estimate of drug-likeness (QED) is 0.357. The van der Waals surface area contributed by atoms with Gasteiger partial charge in [0.1, 0.15) is 0 Å². The first-order valence-electron chi connectivity index (χ1n) is 8.56. The Balaban J connectivity index is 2.70. The highest BCUT2D eigenvalue weighted by molar-refractivity contribution is 8.00. The Morgan fingerprint density at radius 2 is 1.60 bits per heavy atom. The number of hydrogen-bond donors (Lipinski definition) is 0. The summed E-state index contributed by atoms with van der Waals surface area (Å²) in [6.45, 7) is 5.77. The van der Waals surface area contributed by atoms with E-state index in [1.807, 2.05) is 37.3 Å². The van der Waals surface area contributed by atoms with E-state index in [1.54, 1.807) is 11.8 Å². The van der Waals surface area contributed by atoms with Crippen molar-refractivity contribution >= 4 is 11.8 Å². The smallest absolute Gasteiger partial charge is 0.0906 e. The lowest BCUT2D eigenvalue weighted by atomic mass is 9.83. The maximum Gasteiger partial charge on any atom is 0.0906 e. The van der Waals surface area contributed by atoms with E-state index in [4.69, 9.17) is 0 Å². The topological polar surface area (TPSA) is 0 Å². The van der Waals surface area contributed by atoms with Crippen LogP contribution in [0.5, 0.6) is 0 Å². The summed E-state index contributed by atoms with van der Waals surface area (Å²) in [6, 6.07) is 20.8. The van der Waals surface area contributed by atoms with Crippen LogP contribution < -0.4 is 0 Å². The summed E-state index contributed by atoms with van der Waals surface area (Å²) in [5.41, 5.74) is 3.47. The minimum absolute atomic E-state index is 0.297. The number of allylic oxidation sites excluding steroid dienone is 4. The standard InChI is InChI=1S/C23H25FS/c1-3-5-13-20(4-2)23(25-19-12-18-24,21-14-8-6-9-15-21)22-16-10-7-11-17-22/h3-11,13-17H,2,12,18-19H2,1H3/b5-3-,20-13+. The molecule has 0 radical (unpaired) electrons. The van der Waals surface area contributed by atoms with E-state index >= 15 is 0 Å². The van der Waals surface area contributed by atoms with Crippen LogP contribution in [0, 0.1) is 0 Å². The van der Waals surface area contributed by atoms with Crippen LogP contribution in [0.1, 0.15) is 24.5 Å². The summed E-state index contributed by atoms with van der Waals surface area (Å²) in [4.78, 5) is 0. The van der Waals surface area contributed by atoms with Crippen LogP contribution in [0.15, 0.2) is 97.1 Å². The van der Waals surface area contributed by atoms with Crippen molar-refractivity contribution in [2.24, 2.45) is 0 Å². The molecule has 0 heterocycles. The van der Waals surface area contributed by atoms with E-state index in [0.717, 1.165) is 11.3 Å². The molecule has 0 aliphatic rings. The van der Waals surface area contributed by atoms with Gasteiger partial charge in [0.05, 0.1) is 11.4 Å². The van der Waals surface area contributed by atoms with Gasteiger partial charge in [-0.1, -0.05) is 91.5 Å². The highest BCUT2D eigenvalue weighted by Gasteiger charge is 2.37. The summed E-state index contributed by atoms with van der Waals surface area (Å²) in [5.74, 6) is 0.737. The van der Waals surface area contributed by atoms with Gasteiger partial charge < -0.3 is 0 Å². The first-order chi connectivity index (χ1) is 12.3. The van der Waals surface area contributed by atoms with Crippen molar-refractivity contribution in [1.29, 1.82) is 0 Å². The Hall–Kier alpha value is -2.06. The van der Waals surface area contributed by atoms with Crippen molar-refractivity contribution in [3.8, 4) is 0 Å². The van der Waals surface area contributed by atoms with Gasteiger partial charge in [-0.25, -0.2) is 0 Å². The summed E-state index contributed by atoms with van der Waals surface area (Å²) in [6.07, 6.45) is 8.61. The molecule has 2 aromatic carbocycles. The minimum atomic E-state index is -0.404. The molecule has 2 aromatic rings. The van der Waals surface area contributed by atoms with Crippen LogP contribution >= 0.6 is 11.8 Å². The summed E-state index contributed by atoms with van der Waals surface area (Å²) >= 11 is 1.77. The molecule has 0 saturated carbocycles. The van der Waals surface area contributed by atoms with E-state index in [2.05, 4.69) is 61.2 Å². The molecule has 0 bridgehead atoms. The van der Waals surface area contributed by atoms with Crippen LogP contribution in [-0.4, -0.2) is 12.4 Å². The molecule has 0 amide bonds. The fourth-order valence-electron chi connectivity index (χ4n) is 2.90. The third-order valence-electron chi connectivity index (χ3n) is 4.05. The van der Waals surface area contributed by atoms with Crippen molar-refractivity contribution in [1.82, 2.24) is 0 Å². The molecular formula is C23H25FS. The lowest BCUT2D eigenvalue weighted by Gasteiger charge is -2.36. The Morgan fingerprint density at radius 1 is 1.04 bits per heavy atom. The predicted octanol–water partition coefficient (Wildman–Crippen LogP) is 6.71. The molecule has 0 fully saturated rings. The number of rotatable bonds is 9. The van der Waals surface area contributed by atoms with Crippen molar-refractivity contribution in [2.75, 3.05) is 12.4 Å². The average Bonchev–Trinajstić information content (AvgIpc) is 2.68. The van der Waals surface area contributed by atoms with Crippen LogP contribution in [0.2, 0.25) is 0 Å². The van der Waals surface area contributed by atoms with Gasteiger partial charge >= 0.3 is 0 Å². The Kier molecular flexibility index (Phi) is 7.75. The average molecular weight is 353 g/mol. The fourth-order valence-corrected chi connectivity index (χ4v) is 4.39. The van der Waals surface area contributed by atoms with Crippen LogP contribution in [0.25, 0.3) is 0 Å². The molecule has 0 nitrogen and oxygen atoms in total. The van der Waals surface area contributed by atoms with Crippen molar-refractivity contribution in [2.45, 2.75) is 18.1 Å². The molecule has 0 unspecified atom stereocenters. The maximum atomic E-state index is 12.8. The van der Waals surface area contributed by atoms with Gasteiger partial charge in [0.15, 0.2) is 0 Å². The Labute approximate surface area is 155 Å². The second-order valence-electron chi connectivity index (χ2n) is 5.66. The molecule has 2 rings (SSSR count). The van der Waals surface area contributed by atoms with Gasteiger partial charge in [-0.05, 0) is 35.8 Å². The third-order valence-corrected chi connectivity index (χ3v) is 5.68. The zero-order valence-electron chi connectivity index (χ0n) is 14.7. The predicted molar refractivity (Wildman–Crippen MR) is 110 cm³/mol.